The highest BCUT2D eigenvalue weighted by Gasteiger charge is 2.19. The van der Waals surface area contributed by atoms with Gasteiger partial charge in [0.1, 0.15) is 0 Å². The molecule has 94 valence electrons. The molecule has 0 radical (unpaired) electrons. The summed E-state index contributed by atoms with van der Waals surface area (Å²) in [6.45, 7) is 4.60. The summed E-state index contributed by atoms with van der Waals surface area (Å²) in [5, 5.41) is 4.54. The molecule has 1 aliphatic rings. The fourth-order valence-electron chi connectivity index (χ4n) is 2.63. The van der Waals surface area contributed by atoms with E-state index in [0.29, 0.717) is 12.1 Å². The van der Waals surface area contributed by atoms with E-state index in [1.165, 1.54) is 31.2 Å². The molecule has 1 atom stereocenters. The molecule has 1 saturated carbocycles. The number of halogens is 1. The first-order chi connectivity index (χ1) is 8.15. The molecule has 0 heterocycles. The van der Waals surface area contributed by atoms with Gasteiger partial charge in [0.2, 0.25) is 0 Å². The van der Waals surface area contributed by atoms with Gasteiger partial charge in [0.25, 0.3) is 0 Å². The molecular formula is C15H22ClN. The molecule has 17 heavy (non-hydrogen) atoms. The van der Waals surface area contributed by atoms with Gasteiger partial charge in [0, 0.05) is 17.1 Å². The van der Waals surface area contributed by atoms with Crippen molar-refractivity contribution < 1.29 is 0 Å². The van der Waals surface area contributed by atoms with Crippen molar-refractivity contribution in [2.24, 2.45) is 5.92 Å². The van der Waals surface area contributed by atoms with E-state index < -0.39 is 0 Å². The molecule has 0 saturated heterocycles. The predicted octanol–water partition coefficient (Wildman–Crippen LogP) is 4.57. The Morgan fingerprint density at radius 1 is 1.12 bits per heavy atom. The van der Waals surface area contributed by atoms with Gasteiger partial charge < -0.3 is 5.32 Å². The van der Waals surface area contributed by atoms with Gasteiger partial charge in [0.05, 0.1) is 0 Å². The molecule has 2 rings (SSSR count). The van der Waals surface area contributed by atoms with E-state index in [0.717, 1.165) is 10.9 Å². The molecule has 0 aliphatic heterocycles. The number of hydrogen-bond donors (Lipinski definition) is 1. The zero-order chi connectivity index (χ0) is 12.3. The van der Waals surface area contributed by atoms with E-state index in [1.54, 1.807) is 0 Å². The molecular weight excluding hydrogens is 230 g/mol. The highest BCUT2D eigenvalue weighted by molar-refractivity contribution is 6.30. The van der Waals surface area contributed by atoms with Crippen molar-refractivity contribution in [3.8, 4) is 0 Å². The fourth-order valence-corrected chi connectivity index (χ4v) is 2.75. The average molecular weight is 252 g/mol. The van der Waals surface area contributed by atoms with Crippen LogP contribution in [0.5, 0.6) is 0 Å². The Morgan fingerprint density at radius 3 is 2.29 bits per heavy atom. The Bertz CT molecular complexity index is 338. The molecule has 1 unspecified atom stereocenters. The molecule has 0 spiro atoms. The Labute approximate surface area is 110 Å². The van der Waals surface area contributed by atoms with Crippen molar-refractivity contribution in [3.05, 3.63) is 34.9 Å². The van der Waals surface area contributed by atoms with Gasteiger partial charge in [-0.3, -0.25) is 0 Å². The lowest BCUT2D eigenvalue weighted by atomic mass is 9.87. The van der Waals surface area contributed by atoms with Crippen LogP contribution in [0.4, 0.5) is 0 Å². The third kappa shape index (κ3) is 3.72. The van der Waals surface area contributed by atoms with E-state index in [-0.39, 0.29) is 0 Å². The Hall–Kier alpha value is -0.530. The van der Waals surface area contributed by atoms with Crippen LogP contribution in [0.2, 0.25) is 5.02 Å². The summed E-state index contributed by atoms with van der Waals surface area (Å²) < 4.78 is 0. The Morgan fingerprint density at radius 2 is 1.71 bits per heavy atom. The van der Waals surface area contributed by atoms with Gasteiger partial charge in [-0.25, -0.2) is 0 Å². The van der Waals surface area contributed by atoms with Crippen molar-refractivity contribution in [2.75, 3.05) is 0 Å². The fraction of sp³-hybridized carbons (Fsp3) is 0.600. The first kappa shape index (κ1) is 12.9. The molecule has 1 aliphatic carbocycles. The minimum absolute atomic E-state index is 0.422. The molecule has 0 aromatic heterocycles. The van der Waals surface area contributed by atoms with Crippen LogP contribution >= 0.6 is 11.6 Å². The SMILES string of the molecule is CC1CCC(NC(C)c2ccc(Cl)cc2)CC1. The van der Waals surface area contributed by atoms with Crippen molar-refractivity contribution in [3.63, 3.8) is 0 Å². The van der Waals surface area contributed by atoms with Crippen LogP contribution in [-0.2, 0) is 0 Å². The lowest BCUT2D eigenvalue weighted by Gasteiger charge is -2.29. The van der Waals surface area contributed by atoms with Gasteiger partial charge in [-0.2, -0.15) is 0 Å². The van der Waals surface area contributed by atoms with Crippen LogP contribution in [0.1, 0.15) is 51.1 Å². The molecule has 0 bridgehead atoms. The number of rotatable bonds is 3. The molecule has 1 aromatic rings. The second kappa shape index (κ2) is 5.88. The third-order valence-corrected chi connectivity index (χ3v) is 4.12. The minimum atomic E-state index is 0.422. The summed E-state index contributed by atoms with van der Waals surface area (Å²) in [6.07, 6.45) is 5.37. The molecule has 1 nitrogen and oxygen atoms in total. The van der Waals surface area contributed by atoms with Crippen LogP contribution in [0.25, 0.3) is 0 Å². The van der Waals surface area contributed by atoms with E-state index in [1.807, 2.05) is 12.1 Å². The zero-order valence-electron chi connectivity index (χ0n) is 10.7. The lowest BCUT2D eigenvalue weighted by molar-refractivity contribution is 0.292. The molecule has 1 fully saturated rings. The highest BCUT2D eigenvalue weighted by Crippen LogP contribution is 2.25. The lowest BCUT2D eigenvalue weighted by Crippen LogP contribution is -2.34. The van der Waals surface area contributed by atoms with Crippen LogP contribution < -0.4 is 5.32 Å². The summed E-state index contributed by atoms with van der Waals surface area (Å²) in [6, 6.07) is 9.29. The number of hydrogen-bond acceptors (Lipinski definition) is 1. The third-order valence-electron chi connectivity index (χ3n) is 3.87. The first-order valence-corrected chi connectivity index (χ1v) is 7.04. The zero-order valence-corrected chi connectivity index (χ0v) is 11.5. The second-order valence-corrected chi connectivity index (χ2v) is 5.83. The summed E-state index contributed by atoms with van der Waals surface area (Å²) >= 11 is 5.90. The second-order valence-electron chi connectivity index (χ2n) is 5.40. The Kier molecular flexibility index (Phi) is 4.47. The van der Waals surface area contributed by atoms with E-state index in [9.17, 15) is 0 Å². The minimum Gasteiger partial charge on any atom is -0.307 e. The highest BCUT2D eigenvalue weighted by atomic mass is 35.5. The van der Waals surface area contributed by atoms with Gasteiger partial charge in [-0.15, -0.1) is 0 Å². The maximum absolute atomic E-state index is 5.90. The summed E-state index contributed by atoms with van der Waals surface area (Å²) in [5.74, 6) is 0.916. The van der Waals surface area contributed by atoms with Gasteiger partial charge in [0.15, 0.2) is 0 Å². The summed E-state index contributed by atoms with van der Waals surface area (Å²) in [5.41, 5.74) is 1.33. The standard InChI is InChI=1S/C15H22ClN/c1-11-3-9-15(10-4-11)17-12(2)13-5-7-14(16)8-6-13/h5-8,11-12,15,17H,3-4,9-10H2,1-2H3. The molecule has 1 N–H and O–H groups in total. The van der Waals surface area contributed by atoms with E-state index in [2.05, 4.69) is 31.3 Å². The monoisotopic (exact) mass is 251 g/mol. The van der Waals surface area contributed by atoms with E-state index in [4.69, 9.17) is 11.6 Å². The molecule has 0 amide bonds. The average Bonchev–Trinajstić information content (AvgIpc) is 2.33. The van der Waals surface area contributed by atoms with Gasteiger partial charge >= 0.3 is 0 Å². The normalized spacial score (nSPS) is 26.8. The van der Waals surface area contributed by atoms with Gasteiger partial charge in [-0.05, 0) is 56.2 Å². The topological polar surface area (TPSA) is 12.0 Å². The summed E-state index contributed by atoms with van der Waals surface area (Å²) in [7, 11) is 0. The first-order valence-electron chi connectivity index (χ1n) is 6.66. The van der Waals surface area contributed by atoms with Crippen molar-refractivity contribution in [2.45, 2.75) is 51.6 Å². The van der Waals surface area contributed by atoms with Crippen LogP contribution in [0, 0.1) is 5.92 Å². The van der Waals surface area contributed by atoms with Crippen LogP contribution in [-0.4, -0.2) is 6.04 Å². The van der Waals surface area contributed by atoms with Crippen molar-refractivity contribution >= 4 is 11.6 Å². The molecule has 1 aromatic carbocycles. The molecule has 2 heteroatoms. The number of nitrogens with one attached hydrogen (secondary N) is 1. The van der Waals surface area contributed by atoms with Crippen molar-refractivity contribution in [1.29, 1.82) is 0 Å². The van der Waals surface area contributed by atoms with Gasteiger partial charge in [-0.1, -0.05) is 30.7 Å². The Balaban J connectivity index is 1.88. The maximum atomic E-state index is 5.90. The smallest absolute Gasteiger partial charge is 0.0406 e. The number of benzene rings is 1. The van der Waals surface area contributed by atoms with Crippen LogP contribution in [0.15, 0.2) is 24.3 Å². The largest absolute Gasteiger partial charge is 0.307 e. The predicted molar refractivity (Wildman–Crippen MR) is 74.4 cm³/mol. The van der Waals surface area contributed by atoms with Crippen molar-refractivity contribution in [1.82, 2.24) is 5.32 Å². The maximum Gasteiger partial charge on any atom is 0.0406 e. The van der Waals surface area contributed by atoms with E-state index >= 15 is 0 Å². The summed E-state index contributed by atoms with van der Waals surface area (Å²) in [4.78, 5) is 0. The van der Waals surface area contributed by atoms with Crippen LogP contribution in [0.3, 0.4) is 0 Å². The quantitative estimate of drug-likeness (QED) is 0.830.